The van der Waals surface area contributed by atoms with Gasteiger partial charge in [-0.05, 0) is 58.9 Å². The molecule has 0 N–H and O–H groups in total. The molecule has 1 aromatic rings. The van der Waals surface area contributed by atoms with Crippen molar-refractivity contribution in [2.45, 2.75) is 76.0 Å². The summed E-state index contributed by atoms with van der Waals surface area (Å²) in [7, 11) is 0.157. The highest BCUT2D eigenvalue weighted by Crippen LogP contribution is 2.58. The highest BCUT2D eigenvalue weighted by atomic mass is 31.1. The molecular formula is C18H28P2. The summed E-state index contributed by atoms with van der Waals surface area (Å²) < 4.78 is 0. The lowest BCUT2D eigenvalue weighted by molar-refractivity contribution is 0.777. The molecule has 2 saturated heterocycles. The van der Waals surface area contributed by atoms with E-state index in [0.717, 1.165) is 22.6 Å². The summed E-state index contributed by atoms with van der Waals surface area (Å²) in [6.07, 6.45) is 5.79. The Morgan fingerprint density at radius 1 is 0.650 bits per heavy atom. The maximum atomic E-state index is 2.50. The molecule has 0 saturated carbocycles. The molecule has 2 unspecified atom stereocenters. The van der Waals surface area contributed by atoms with Gasteiger partial charge in [0.1, 0.15) is 0 Å². The van der Waals surface area contributed by atoms with Gasteiger partial charge in [0.25, 0.3) is 0 Å². The van der Waals surface area contributed by atoms with Gasteiger partial charge in [0, 0.05) is 0 Å². The second kappa shape index (κ2) is 6.06. The SMILES string of the molecule is CC1CC[C@@H](C)P1c1ccccc1P1[C@H](C)CC[C@H]1C. The summed E-state index contributed by atoms with van der Waals surface area (Å²) >= 11 is 0. The average Bonchev–Trinajstić information content (AvgIpc) is 2.93. The van der Waals surface area contributed by atoms with Gasteiger partial charge in [0.2, 0.25) is 0 Å². The number of hydrogen-bond acceptors (Lipinski definition) is 0. The standard InChI is InChI=1S/C18H28P2/c1-13-9-10-14(2)19(13)17-7-5-6-8-18(17)20-15(3)11-12-16(20)4/h5-8,13-16H,9-12H2,1-4H3/t13-,14-,15-,16?,20?/m1/s1. The van der Waals surface area contributed by atoms with Crippen LogP contribution in [0.1, 0.15) is 53.4 Å². The van der Waals surface area contributed by atoms with Crippen LogP contribution in [0.25, 0.3) is 0 Å². The number of benzene rings is 1. The Morgan fingerprint density at radius 2 is 0.950 bits per heavy atom. The fraction of sp³-hybridized carbons (Fsp3) is 0.667. The van der Waals surface area contributed by atoms with Crippen LogP contribution in [0.5, 0.6) is 0 Å². The quantitative estimate of drug-likeness (QED) is 0.671. The highest BCUT2D eigenvalue weighted by Gasteiger charge is 2.37. The first-order valence-electron chi connectivity index (χ1n) is 8.25. The molecule has 3 rings (SSSR count). The van der Waals surface area contributed by atoms with E-state index in [0.29, 0.717) is 0 Å². The van der Waals surface area contributed by atoms with E-state index in [9.17, 15) is 0 Å². The van der Waals surface area contributed by atoms with Crippen molar-refractivity contribution in [3.8, 4) is 0 Å². The summed E-state index contributed by atoms with van der Waals surface area (Å²) in [4.78, 5) is 0. The van der Waals surface area contributed by atoms with Crippen molar-refractivity contribution < 1.29 is 0 Å². The Hall–Kier alpha value is 0.0800. The minimum absolute atomic E-state index is 0.0785. The molecule has 5 atom stereocenters. The van der Waals surface area contributed by atoms with Crippen molar-refractivity contribution in [3.05, 3.63) is 24.3 Å². The molecule has 0 nitrogen and oxygen atoms in total. The molecule has 110 valence electrons. The Kier molecular flexibility index (Phi) is 4.54. The van der Waals surface area contributed by atoms with E-state index in [-0.39, 0.29) is 15.8 Å². The van der Waals surface area contributed by atoms with Crippen molar-refractivity contribution >= 4 is 26.5 Å². The molecule has 0 aliphatic carbocycles. The lowest BCUT2D eigenvalue weighted by Gasteiger charge is -2.30. The third kappa shape index (κ3) is 2.60. The first-order valence-corrected chi connectivity index (χ1v) is 11.2. The zero-order valence-corrected chi connectivity index (χ0v) is 15.1. The summed E-state index contributed by atoms with van der Waals surface area (Å²) in [6, 6.07) is 9.55. The topological polar surface area (TPSA) is 0 Å². The van der Waals surface area contributed by atoms with Crippen molar-refractivity contribution in [2.24, 2.45) is 0 Å². The molecule has 0 spiro atoms. The fourth-order valence-corrected chi connectivity index (χ4v) is 11.5. The molecule has 0 amide bonds. The Balaban J connectivity index is 2.00. The molecule has 2 heteroatoms. The number of rotatable bonds is 2. The number of hydrogen-bond donors (Lipinski definition) is 0. The molecule has 2 aliphatic rings. The van der Waals surface area contributed by atoms with Crippen LogP contribution in [0.4, 0.5) is 0 Å². The lowest BCUT2D eigenvalue weighted by atomic mass is 10.2. The van der Waals surface area contributed by atoms with E-state index in [1.165, 1.54) is 25.7 Å². The van der Waals surface area contributed by atoms with Crippen LogP contribution in [0, 0.1) is 0 Å². The summed E-state index contributed by atoms with van der Waals surface area (Å²) in [6.45, 7) is 10.0. The largest absolute Gasteiger partial charge is 0.0688 e. The zero-order valence-electron chi connectivity index (χ0n) is 13.3. The second-order valence-electron chi connectivity index (χ2n) is 6.85. The molecule has 1 aromatic carbocycles. The van der Waals surface area contributed by atoms with Gasteiger partial charge >= 0.3 is 0 Å². The van der Waals surface area contributed by atoms with Crippen LogP contribution in [0.3, 0.4) is 0 Å². The predicted octanol–water partition coefficient (Wildman–Crippen LogP) is 5.04. The van der Waals surface area contributed by atoms with Gasteiger partial charge in [-0.2, -0.15) is 0 Å². The van der Waals surface area contributed by atoms with Crippen LogP contribution in [0.15, 0.2) is 24.3 Å². The van der Waals surface area contributed by atoms with Crippen LogP contribution in [0.2, 0.25) is 0 Å². The lowest BCUT2D eigenvalue weighted by Crippen LogP contribution is -2.28. The van der Waals surface area contributed by atoms with E-state index in [4.69, 9.17) is 0 Å². The van der Waals surface area contributed by atoms with E-state index in [1.807, 2.05) is 0 Å². The molecule has 2 aliphatic heterocycles. The summed E-state index contributed by atoms with van der Waals surface area (Å²) in [5.74, 6) is 0. The first kappa shape index (κ1) is 15.0. The first-order chi connectivity index (χ1) is 9.59. The van der Waals surface area contributed by atoms with Crippen molar-refractivity contribution in [1.82, 2.24) is 0 Å². The Morgan fingerprint density at radius 3 is 1.25 bits per heavy atom. The predicted molar refractivity (Wildman–Crippen MR) is 95.9 cm³/mol. The van der Waals surface area contributed by atoms with Gasteiger partial charge in [0.15, 0.2) is 0 Å². The van der Waals surface area contributed by atoms with Crippen LogP contribution in [-0.2, 0) is 0 Å². The fourth-order valence-electron chi connectivity index (χ4n) is 4.24. The molecule has 0 radical (unpaired) electrons. The van der Waals surface area contributed by atoms with E-state index < -0.39 is 0 Å². The van der Waals surface area contributed by atoms with Gasteiger partial charge < -0.3 is 0 Å². The smallest absolute Gasteiger partial charge is 0.0158 e. The Bertz CT molecular complexity index is 407. The van der Waals surface area contributed by atoms with Gasteiger partial charge in [-0.15, -0.1) is 0 Å². The van der Waals surface area contributed by atoms with E-state index in [1.54, 1.807) is 10.6 Å². The van der Waals surface area contributed by atoms with Crippen LogP contribution in [-0.4, -0.2) is 22.6 Å². The van der Waals surface area contributed by atoms with Gasteiger partial charge in [-0.25, -0.2) is 0 Å². The van der Waals surface area contributed by atoms with E-state index >= 15 is 0 Å². The normalized spacial score (nSPS) is 38.5. The summed E-state index contributed by atoms with van der Waals surface area (Å²) in [5.41, 5.74) is 3.74. The molecule has 2 fully saturated rings. The van der Waals surface area contributed by atoms with E-state index in [2.05, 4.69) is 52.0 Å². The Labute approximate surface area is 127 Å². The zero-order chi connectivity index (χ0) is 14.3. The second-order valence-corrected chi connectivity index (χ2v) is 13.0. The molecule has 0 aromatic heterocycles. The monoisotopic (exact) mass is 306 g/mol. The molecule has 0 bridgehead atoms. The van der Waals surface area contributed by atoms with Crippen LogP contribution < -0.4 is 10.6 Å². The van der Waals surface area contributed by atoms with Gasteiger partial charge in [-0.3, -0.25) is 0 Å². The molecule has 2 heterocycles. The molecule has 20 heavy (non-hydrogen) atoms. The van der Waals surface area contributed by atoms with Crippen LogP contribution >= 0.6 is 15.8 Å². The maximum Gasteiger partial charge on any atom is -0.0158 e. The highest BCUT2D eigenvalue weighted by molar-refractivity contribution is 7.73. The maximum absolute atomic E-state index is 2.50. The van der Waals surface area contributed by atoms with Crippen molar-refractivity contribution in [1.29, 1.82) is 0 Å². The third-order valence-electron chi connectivity index (χ3n) is 5.34. The van der Waals surface area contributed by atoms with Crippen molar-refractivity contribution in [2.75, 3.05) is 0 Å². The summed E-state index contributed by atoms with van der Waals surface area (Å²) in [5, 5.41) is 3.57. The third-order valence-corrected chi connectivity index (χ3v) is 12.2. The molecular weight excluding hydrogens is 278 g/mol. The minimum atomic E-state index is 0.0785. The van der Waals surface area contributed by atoms with Gasteiger partial charge in [-0.1, -0.05) is 67.8 Å². The van der Waals surface area contributed by atoms with Crippen molar-refractivity contribution in [3.63, 3.8) is 0 Å². The van der Waals surface area contributed by atoms with Gasteiger partial charge in [0.05, 0.1) is 0 Å². The average molecular weight is 306 g/mol. The minimum Gasteiger partial charge on any atom is -0.0688 e.